The lowest BCUT2D eigenvalue weighted by Crippen LogP contribution is -2.49. The number of carbonyl (C=O) groups is 2. The highest BCUT2D eigenvalue weighted by atomic mass is 16.6. The summed E-state index contributed by atoms with van der Waals surface area (Å²) in [4.78, 5) is 37.8. The molecule has 1 atom stereocenters. The number of piperazine rings is 1. The van der Waals surface area contributed by atoms with Gasteiger partial charge in [0.2, 0.25) is 11.7 Å². The van der Waals surface area contributed by atoms with Crippen molar-refractivity contribution >= 4 is 17.8 Å². The smallest absolute Gasteiger partial charge is 0.409 e. The Kier molecular flexibility index (Phi) is 7.04. The first kappa shape index (κ1) is 23.6. The van der Waals surface area contributed by atoms with Gasteiger partial charge in [-0.15, -0.1) is 0 Å². The summed E-state index contributed by atoms with van der Waals surface area (Å²) < 4.78 is 21.5. The average Bonchev–Trinajstić information content (AvgIpc) is 2.87. The lowest BCUT2D eigenvalue weighted by molar-refractivity contribution is 0.0961. The Labute approximate surface area is 198 Å². The molecule has 1 fully saturated rings. The largest absolute Gasteiger partial charge is 0.493 e. The molecule has 1 aromatic carbocycles. The number of methoxy groups -OCH3 is 3. The highest BCUT2D eigenvalue weighted by molar-refractivity contribution is 5.98. The Hall–Kier alpha value is -3.56. The van der Waals surface area contributed by atoms with Crippen LogP contribution in [-0.4, -0.2) is 80.9 Å². The fourth-order valence-electron chi connectivity index (χ4n) is 4.46. The number of hydrogen-bond donors (Lipinski definition) is 0. The van der Waals surface area contributed by atoms with E-state index in [2.05, 4.69) is 4.98 Å². The molecule has 0 bridgehead atoms. The van der Waals surface area contributed by atoms with Crippen LogP contribution in [0.1, 0.15) is 40.9 Å². The molecule has 182 valence electrons. The maximum Gasteiger partial charge on any atom is 0.409 e. The second-order valence-electron chi connectivity index (χ2n) is 8.19. The summed E-state index contributed by atoms with van der Waals surface area (Å²) in [7, 11) is 4.71. The van der Waals surface area contributed by atoms with Gasteiger partial charge in [-0.05, 0) is 37.0 Å². The predicted octanol–water partition coefficient (Wildman–Crippen LogP) is 2.69. The van der Waals surface area contributed by atoms with Crippen molar-refractivity contribution in [3.05, 3.63) is 35.2 Å². The number of rotatable bonds is 6. The van der Waals surface area contributed by atoms with Gasteiger partial charge in [-0.3, -0.25) is 4.79 Å². The van der Waals surface area contributed by atoms with Gasteiger partial charge in [0.15, 0.2) is 17.3 Å². The number of nitrogens with zero attached hydrogens (tertiary/aromatic N) is 4. The highest BCUT2D eigenvalue weighted by Gasteiger charge is 2.31. The van der Waals surface area contributed by atoms with E-state index in [0.29, 0.717) is 74.4 Å². The molecule has 0 radical (unpaired) electrons. The van der Waals surface area contributed by atoms with Gasteiger partial charge in [0.25, 0.3) is 0 Å². The number of benzene rings is 1. The molecular formula is C24H30N4O6. The van der Waals surface area contributed by atoms with Crippen LogP contribution < -0.4 is 19.1 Å². The van der Waals surface area contributed by atoms with E-state index in [4.69, 9.17) is 23.9 Å². The third-order valence-corrected chi connectivity index (χ3v) is 6.27. The number of aromatic nitrogens is 2. The Morgan fingerprint density at radius 2 is 1.71 bits per heavy atom. The Morgan fingerprint density at radius 1 is 1.03 bits per heavy atom. The quantitative estimate of drug-likeness (QED) is 0.630. The van der Waals surface area contributed by atoms with E-state index in [1.165, 1.54) is 0 Å². The van der Waals surface area contributed by atoms with Gasteiger partial charge < -0.3 is 28.7 Å². The third kappa shape index (κ3) is 4.57. The minimum atomic E-state index is -0.299. The van der Waals surface area contributed by atoms with Crippen LogP contribution in [0.3, 0.4) is 0 Å². The van der Waals surface area contributed by atoms with Crippen LogP contribution in [0.4, 0.5) is 10.7 Å². The second-order valence-corrected chi connectivity index (χ2v) is 8.19. The van der Waals surface area contributed by atoms with Gasteiger partial charge in [0, 0.05) is 38.8 Å². The number of hydrogen-bond acceptors (Lipinski definition) is 9. The van der Waals surface area contributed by atoms with Gasteiger partial charge in [-0.25, -0.2) is 14.8 Å². The summed E-state index contributed by atoms with van der Waals surface area (Å²) >= 11 is 0. The molecule has 10 heteroatoms. The Bertz CT molecular complexity index is 1040. The molecule has 1 aromatic heterocycles. The number of ketones is 1. The summed E-state index contributed by atoms with van der Waals surface area (Å²) in [6.45, 7) is 4.41. The van der Waals surface area contributed by atoms with Crippen molar-refractivity contribution in [1.29, 1.82) is 0 Å². The molecular weight excluding hydrogens is 440 g/mol. The van der Waals surface area contributed by atoms with Gasteiger partial charge in [0.05, 0.1) is 39.2 Å². The lowest BCUT2D eigenvalue weighted by Gasteiger charge is -2.34. The van der Waals surface area contributed by atoms with E-state index < -0.39 is 0 Å². The second kappa shape index (κ2) is 10.1. The molecule has 1 saturated heterocycles. The van der Waals surface area contributed by atoms with E-state index >= 15 is 0 Å². The van der Waals surface area contributed by atoms with E-state index in [1.54, 1.807) is 39.3 Å². The van der Waals surface area contributed by atoms with Crippen LogP contribution in [0.25, 0.3) is 0 Å². The van der Waals surface area contributed by atoms with Crippen molar-refractivity contribution in [2.24, 2.45) is 0 Å². The molecule has 2 aliphatic rings. The summed E-state index contributed by atoms with van der Waals surface area (Å²) in [5.41, 5.74) is 2.22. The average molecular weight is 471 g/mol. The first-order valence-electron chi connectivity index (χ1n) is 11.3. The molecule has 1 aliphatic carbocycles. The summed E-state index contributed by atoms with van der Waals surface area (Å²) in [6, 6.07) is 3.78. The molecule has 0 saturated carbocycles. The molecule has 2 heterocycles. The SMILES string of the molecule is CCOC(=O)N1CCN(c2ncc3c(n2)C[C@H](c2cc(OC)c(OC)c(OC)c2)CC3=O)CC1. The summed E-state index contributed by atoms with van der Waals surface area (Å²) in [5.74, 6) is 2.13. The van der Waals surface area contributed by atoms with E-state index in [-0.39, 0.29) is 17.8 Å². The molecule has 4 rings (SSSR count). The minimum absolute atomic E-state index is 0.0127. The first-order valence-corrected chi connectivity index (χ1v) is 11.3. The van der Waals surface area contributed by atoms with Crippen LogP contribution in [0.2, 0.25) is 0 Å². The minimum Gasteiger partial charge on any atom is -0.493 e. The Morgan fingerprint density at radius 3 is 2.29 bits per heavy atom. The highest BCUT2D eigenvalue weighted by Crippen LogP contribution is 2.42. The van der Waals surface area contributed by atoms with Gasteiger partial charge in [-0.2, -0.15) is 0 Å². The van der Waals surface area contributed by atoms with Crippen molar-refractivity contribution in [3.8, 4) is 17.2 Å². The van der Waals surface area contributed by atoms with Crippen molar-refractivity contribution in [1.82, 2.24) is 14.9 Å². The zero-order chi connectivity index (χ0) is 24.2. The monoisotopic (exact) mass is 470 g/mol. The van der Waals surface area contributed by atoms with E-state index in [0.717, 1.165) is 11.3 Å². The number of amides is 1. The van der Waals surface area contributed by atoms with Crippen LogP contribution >= 0.6 is 0 Å². The molecule has 2 aromatic rings. The molecule has 10 nitrogen and oxygen atoms in total. The normalized spacial score (nSPS) is 17.8. The van der Waals surface area contributed by atoms with Crippen LogP contribution in [0.5, 0.6) is 17.2 Å². The van der Waals surface area contributed by atoms with Gasteiger partial charge in [0.1, 0.15) is 0 Å². The van der Waals surface area contributed by atoms with E-state index in [1.807, 2.05) is 17.0 Å². The fourth-order valence-corrected chi connectivity index (χ4v) is 4.46. The number of ether oxygens (including phenoxy) is 4. The zero-order valence-electron chi connectivity index (χ0n) is 20.0. The predicted molar refractivity (Wildman–Crippen MR) is 124 cm³/mol. The molecule has 0 N–H and O–H groups in total. The molecule has 0 spiro atoms. The summed E-state index contributed by atoms with van der Waals surface area (Å²) in [5, 5.41) is 0. The molecule has 1 amide bonds. The lowest BCUT2D eigenvalue weighted by atomic mass is 9.82. The fraction of sp³-hybridized carbons (Fsp3) is 0.500. The van der Waals surface area contributed by atoms with Crippen LogP contribution in [0.15, 0.2) is 18.3 Å². The Balaban J connectivity index is 1.55. The maximum absolute atomic E-state index is 12.9. The number of carbonyl (C=O) groups excluding carboxylic acids is 2. The molecule has 0 unspecified atom stereocenters. The van der Waals surface area contributed by atoms with Crippen molar-refractivity contribution < 1.29 is 28.5 Å². The maximum atomic E-state index is 12.9. The standard InChI is InChI=1S/C24H30N4O6/c1-5-34-24(30)28-8-6-27(7-9-28)23-25-14-17-18(26-23)10-15(11-19(17)29)16-12-20(31-2)22(33-4)21(13-16)32-3/h12-15H,5-11H2,1-4H3/t15-/m0/s1. The number of Topliss-reactive ketones (excluding diaryl/α,β-unsaturated/α-hetero) is 1. The zero-order valence-corrected chi connectivity index (χ0v) is 20.0. The van der Waals surface area contributed by atoms with Gasteiger partial charge in [-0.1, -0.05) is 0 Å². The van der Waals surface area contributed by atoms with Crippen molar-refractivity contribution in [2.45, 2.75) is 25.7 Å². The first-order chi connectivity index (χ1) is 16.5. The van der Waals surface area contributed by atoms with Gasteiger partial charge >= 0.3 is 6.09 Å². The van der Waals surface area contributed by atoms with Crippen molar-refractivity contribution in [2.75, 3.05) is 59.0 Å². The summed E-state index contributed by atoms with van der Waals surface area (Å²) in [6.07, 6.45) is 2.28. The third-order valence-electron chi connectivity index (χ3n) is 6.27. The van der Waals surface area contributed by atoms with Crippen molar-refractivity contribution in [3.63, 3.8) is 0 Å². The number of anilines is 1. The van der Waals surface area contributed by atoms with Crippen LogP contribution in [0, 0.1) is 0 Å². The van der Waals surface area contributed by atoms with Crippen LogP contribution in [-0.2, 0) is 11.2 Å². The van der Waals surface area contributed by atoms with E-state index in [9.17, 15) is 9.59 Å². The number of fused-ring (bicyclic) bond motifs is 1. The topological polar surface area (TPSA) is 103 Å². The molecule has 34 heavy (non-hydrogen) atoms. The molecule has 1 aliphatic heterocycles.